The molecule has 0 bridgehead atoms. The van der Waals surface area contributed by atoms with Crippen LogP contribution in [0.15, 0.2) is 23.1 Å². The van der Waals surface area contributed by atoms with Gasteiger partial charge in [0, 0.05) is 32.2 Å². The molecule has 1 fully saturated rings. The smallest absolute Gasteiger partial charge is 0.243 e. The van der Waals surface area contributed by atoms with Crippen LogP contribution >= 0.6 is 0 Å². The number of hydrogen-bond donors (Lipinski definition) is 1. The molecule has 94 valence electrons. The fraction of sp³-hybridized carbons (Fsp3) is 0.400. The van der Waals surface area contributed by atoms with Crippen LogP contribution in [0.1, 0.15) is 0 Å². The van der Waals surface area contributed by atoms with Gasteiger partial charge in [0.15, 0.2) is 0 Å². The van der Waals surface area contributed by atoms with E-state index >= 15 is 0 Å². The predicted octanol–water partition coefficient (Wildman–Crippen LogP) is 0.559. The van der Waals surface area contributed by atoms with Crippen LogP contribution in [0.25, 0.3) is 0 Å². The molecule has 2 rings (SSSR count). The van der Waals surface area contributed by atoms with Crippen LogP contribution in [0.2, 0.25) is 0 Å². The minimum atomic E-state index is -3.79. The van der Waals surface area contributed by atoms with Crippen LogP contribution < -0.4 is 5.32 Å². The minimum Gasteiger partial charge on any atom is -0.314 e. The number of sulfonamides is 1. The highest BCUT2D eigenvalue weighted by molar-refractivity contribution is 7.89. The molecule has 0 spiro atoms. The molecule has 0 aromatic heterocycles. The third kappa shape index (κ3) is 2.62. The Kier molecular flexibility index (Phi) is 3.41. The Morgan fingerprint density at radius 1 is 1.06 bits per heavy atom. The van der Waals surface area contributed by atoms with Gasteiger partial charge in [0.2, 0.25) is 10.0 Å². The zero-order valence-corrected chi connectivity index (χ0v) is 9.80. The number of benzene rings is 1. The number of nitrogens with one attached hydrogen (secondary N) is 1. The lowest BCUT2D eigenvalue weighted by atomic mass is 10.3. The number of piperazine rings is 1. The third-order valence-corrected chi connectivity index (χ3v) is 4.43. The van der Waals surface area contributed by atoms with Crippen LogP contribution in [0.5, 0.6) is 0 Å². The van der Waals surface area contributed by atoms with Gasteiger partial charge < -0.3 is 5.32 Å². The Labute approximate surface area is 98.3 Å². The minimum absolute atomic E-state index is 0.306. The molecule has 0 unspecified atom stereocenters. The van der Waals surface area contributed by atoms with Crippen LogP contribution in [0.3, 0.4) is 0 Å². The SMILES string of the molecule is O=S(=O)(c1cc(F)cc(F)c1)N1CCNCC1. The van der Waals surface area contributed by atoms with E-state index in [0.717, 1.165) is 12.1 Å². The molecule has 1 saturated heterocycles. The monoisotopic (exact) mass is 262 g/mol. The Hall–Kier alpha value is -1.05. The maximum absolute atomic E-state index is 13.0. The fourth-order valence-electron chi connectivity index (χ4n) is 1.71. The van der Waals surface area contributed by atoms with Gasteiger partial charge in [-0.3, -0.25) is 0 Å². The van der Waals surface area contributed by atoms with E-state index in [2.05, 4.69) is 5.32 Å². The highest BCUT2D eigenvalue weighted by Crippen LogP contribution is 2.18. The Morgan fingerprint density at radius 3 is 2.12 bits per heavy atom. The maximum Gasteiger partial charge on any atom is 0.243 e. The van der Waals surface area contributed by atoms with Crippen molar-refractivity contribution in [3.05, 3.63) is 29.8 Å². The Morgan fingerprint density at radius 2 is 1.59 bits per heavy atom. The highest BCUT2D eigenvalue weighted by Gasteiger charge is 2.26. The van der Waals surface area contributed by atoms with Gasteiger partial charge in [0.05, 0.1) is 4.90 Å². The van der Waals surface area contributed by atoms with Crippen molar-refractivity contribution in [2.24, 2.45) is 0 Å². The third-order valence-electron chi connectivity index (χ3n) is 2.55. The summed E-state index contributed by atoms with van der Waals surface area (Å²) in [5.74, 6) is -1.78. The zero-order chi connectivity index (χ0) is 12.5. The van der Waals surface area contributed by atoms with Gasteiger partial charge in [0.25, 0.3) is 0 Å². The van der Waals surface area contributed by atoms with Gasteiger partial charge >= 0.3 is 0 Å². The van der Waals surface area contributed by atoms with Crippen LogP contribution in [-0.2, 0) is 10.0 Å². The summed E-state index contributed by atoms with van der Waals surface area (Å²) in [5, 5.41) is 3.01. The molecule has 1 heterocycles. The molecule has 1 N–H and O–H groups in total. The molecule has 1 aromatic rings. The molecule has 1 aliphatic rings. The van der Waals surface area contributed by atoms with Crippen molar-refractivity contribution >= 4 is 10.0 Å². The second-order valence-electron chi connectivity index (χ2n) is 3.76. The largest absolute Gasteiger partial charge is 0.314 e. The average molecular weight is 262 g/mol. The van der Waals surface area contributed by atoms with Gasteiger partial charge in [-0.1, -0.05) is 0 Å². The van der Waals surface area contributed by atoms with Crippen molar-refractivity contribution in [2.45, 2.75) is 4.90 Å². The summed E-state index contributed by atoms with van der Waals surface area (Å²) in [7, 11) is -3.79. The second kappa shape index (κ2) is 4.67. The predicted molar refractivity (Wildman–Crippen MR) is 58.0 cm³/mol. The zero-order valence-electron chi connectivity index (χ0n) is 8.99. The van der Waals surface area contributed by atoms with Gasteiger partial charge in [-0.2, -0.15) is 4.31 Å². The van der Waals surface area contributed by atoms with Gasteiger partial charge in [-0.05, 0) is 12.1 Å². The molecular formula is C10H12F2N2O2S. The molecule has 1 aromatic carbocycles. The van der Waals surface area contributed by atoms with Gasteiger partial charge in [-0.25, -0.2) is 17.2 Å². The molecule has 17 heavy (non-hydrogen) atoms. The number of rotatable bonds is 2. The Balaban J connectivity index is 2.36. The Bertz CT molecular complexity index is 493. The van der Waals surface area contributed by atoms with Crippen LogP contribution in [-0.4, -0.2) is 38.9 Å². The summed E-state index contributed by atoms with van der Waals surface area (Å²) in [6, 6.07) is 2.32. The van der Waals surface area contributed by atoms with E-state index in [0.29, 0.717) is 32.2 Å². The number of halogens is 2. The first-order chi connectivity index (χ1) is 8.00. The summed E-state index contributed by atoms with van der Waals surface area (Å²) in [4.78, 5) is -0.336. The summed E-state index contributed by atoms with van der Waals surface area (Å²) >= 11 is 0. The lowest BCUT2D eigenvalue weighted by Gasteiger charge is -2.26. The average Bonchev–Trinajstić information content (AvgIpc) is 2.29. The van der Waals surface area contributed by atoms with Crippen molar-refractivity contribution < 1.29 is 17.2 Å². The first-order valence-electron chi connectivity index (χ1n) is 5.17. The first-order valence-corrected chi connectivity index (χ1v) is 6.61. The molecule has 0 radical (unpaired) electrons. The van der Waals surface area contributed by atoms with E-state index in [-0.39, 0.29) is 4.90 Å². The molecule has 4 nitrogen and oxygen atoms in total. The quantitative estimate of drug-likeness (QED) is 0.847. The highest BCUT2D eigenvalue weighted by atomic mass is 32.2. The normalized spacial score (nSPS) is 18.2. The molecule has 7 heteroatoms. The molecule has 0 saturated carbocycles. The fourth-order valence-corrected chi connectivity index (χ4v) is 3.20. The van der Waals surface area contributed by atoms with Crippen molar-refractivity contribution in [1.82, 2.24) is 9.62 Å². The topological polar surface area (TPSA) is 49.4 Å². The van der Waals surface area contributed by atoms with Gasteiger partial charge in [-0.15, -0.1) is 0 Å². The molecule has 0 aliphatic carbocycles. The van der Waals surface area contributed by atoms with Crippen molar-refractivity contribution in [3.8, 4) is 0 Å². The molecule has 1 aliphatic heterocycles. The summed E-state index contributed by atoms with van der Waals surface area (Å²) < 4.78 is 51.3. The van der Waals surface area contributed by atoms with E-state index in [1.54, 1.807) is 0 Å². The first kappa shape index (κ1) is 12.4. The second-order valence-corrected chi connectivity index (χ2v) is 5.70. The lowest BCUT2D eigenvalue weighted by Crippen LogP contribution is -2.46. The van der Waals surface area contributed by atoms with Gasteiger partial charge in [0.1, 0.15) is 11.6 Å². The summed E-state index contributed by atoms with van der Waals surface area (Å²) in [6.07, 6.45) is 0. The van der Waals surface area contributed by atoms with E-state index < -0.39 is 21.7 Å². The summed E-state index contributed by atoms with van der Waals surface area (Å²) in [5.41, 5.74) is 0. The number of hydrogen-bond acceptors (Lipinski definition) is 3. The van der Waals surface area contributed by atoms with Crippen LogP contribution in [0, 0.1) is 11.6 Å². The van der Waals surface area contributed by atoms with E-state index in [1.165, 1.54) is 4.31 Å². The van der Waals surface area contributed by atoms with Crippen molar-refractivity contribution in [3.63, 3.8) is 0 Å². The van der Waals surface area contributed by atoms with E-state index in [1.807, 2.05) is 0 Å². The van der Waals surface area contributed by atoms with E-state index in [9.17, 15) is 17.2 Å². The van der Waals surface area contributed by atoms with E-state index in [4.69, 9.17) is 0 Å². The van der Waals surface area contributed by atoms with Crippen LogP contribution in [0.4, 0.5) is 8.78 Å². The van der Waals surface area contributed by atoms with Crippen molar-refractivity contribution in [2.75, 3.05) is 26.2 Å². The maximum atomic E-state index is 13.0. The standard InChI is InChI=1S/C10H12F2N2O2S/c11-8-5-9(12)7-10(6-8)17(15,16)14-3-1-13-2-4-14/h5-7,13H,1-4H2. The number of nitrogens with zero attached hydrogens (tertiary/aromatic N) is 1. The summed E-state index contributed by atoms with van der Waals surface area (Å²) in [6.45, 7) is 1.69. The molecular weight excluding hydrogens is 250 g/mol. The lowest BCUT2D eigenvalue weighted by molar-refractivity contribution is 0.359. The molecule has 0 amide bonds. The molecule has 0 atom stereocenters. The van der Waals surface area contributed by atoms with Crippen molar-refractivity contribution in [1.29, 1.82) is 0 Å².